The highest BCUT2D eigenvalue weighted by Crippen LogP contribution is 2.25. The molecule has 5 nitrogen and oxygen atoms in total. The van der Waals surface area contributed by atoms with Crippen LogP contribution in [0.3, 0.4) is 0 Å². The highest BCUT2D eigenvalue weighted by molar-refractivity contribution is 7.14. The number of nitrogens with one attached hydrogen (secondary N) is 1. The zero-order chi connectivity index (χ0) is 13.0. The van der Waals surface area contributed by atoms with Crippen molar-refractivity contribution in [3.05, 3.63) is 29.3 Å². The average molecular weight is 258 g/mol. The third-order valence-corrected chi connectivity index (χ3v) is 3.05. The van der Waals surface area contributed by atoms with Crippen molar-refractivity contribution in [1.29, 1.82) is 5.26 Å². The number of rotatable bonds is 3. The van der Waals surface area contributed by atoms with Gasteiger partial charge in [0.15, 0.2) is 0 Å². The summed E-state index contributed by atoms with van der Waals surface area (Å²) in [5, 5.41) is 20.8. The molecule has 1 heterocycles. The van der Waals surface area contributed by atoms with Crippen LogP contribution in [0.4, 0.5) is 5.69 Å². The fourth-order valence-corrected chi connectivity index (χ4v) is 2.11. The van der Waals surface area contributed by atoms with Gasteiger partial charge in [-0.2, -0.15) is 5.26 Å². The molecule has 1 N–H and O–H groups in total. The second-order valence-electron chi connectivity index (χ2n) is 3.59. The Morgan fingerprint density at radius 2 is 2.33 bits per heavy atom. The Balaban J connectivity index is 2.20. The van der Waals surface area contributed by atoms with Gasteiger partial charge in [0.05, 0.1) is 6.07 Å². The molecule has 0 radical (unpaired) electrons. The minimum absolute atomic E-state index is 0.151. The Labute approximate surface area is 108 Å². The molecule has 90 valence electrons. The molecule has 0 aliphatic heterocycles. The van der Waals surface area contributed by atoms with E-state index in [0.717, 1.165) is 15.6 Å². The number of benzene rings is 1. The van der Waals surface area contributed by atoms with Gasteiger partial charge < -0.3 is 5.32 Å². The number of anilines is 1. The van der Waals surface area contributed by atoms with Gasteiger partial charge in [-0.1, -0.05) is 23.5 Å². The van der Waals surface area contributed by atoms with Gasteiger partial charge in [-0.3, -0.25) is 4.79 Å². The molecular weight excluding hydrogens is 248 g/mol. The van der Waals surface area contributed by atoms with Gasteiger partial charge in [0, 0.05) is 11.3 Å². The van der Waals surface area contributed by atoms with E-state index >= 15 is 0 Å². The van der Waals surface area contributed by atoms with E-state index in [9.17, 15) is 4.79 Å². The standard InChI is InChI=1S/C12H10N4OS/c1-8-15-16-12(18-8)9-3-2-4-10(7-9)14-11(17)5-6-13/h2-4,7H,5H2,1H3,(H,14,17). The Morgan fingerprint density at radius 3 is 3.00 bits per heavy atom. The van der Waals surface area contributed by atoms with Crippen LogP contribution in [0.1, 0.15) is 11.4 Å². The maximum atomic E-state index is 11.3. The predicted octanol–water partition coefficient (Wildman–Crippen LogP) is 2.37. The van der Waals surface area contributed by atoms with Gasteiger partial charge >= 0.3 is 0 Å². The second kappa shape index (κ2) is 5.38. The average Bonchev–Trinajstić information content (AvgIpc) is 2.76. The summed E-state index contributed by atoms with van der Waals surface area (Å²) in [6, 6.07) is 9.12. The number of carbonyl (C=O) groups is 1. The molecule has 1 aromatic carbocycles. The molecule has 0 saturated carbocycles. The molecule has 0 aliphatic carbocycles. The lowest BCUT2D eigenvalue weighted by Crippen LogP contribution is -2.09. The molecule has 6 heteroatoms. The number of amides is 1. The highest BCUT2D eigenvalue weighted by Gasteiger charge is 2.06. The van der Waals surface area contributed by atoms with Gasteiger partial charge in [-0.05, 0) is 19.1 Å². The monoisotopic (exact) mass is 258 g/mol. The second-order valence-corrected chi connectivity index (χ2v) is 4.77. The number of aromatic nitrogens is 2. The van der Waals surface area contributed by atoms with Crippen LogP contribution in [-0.2, 0) is 4.79 Å². The van der Waals surface area contributed by atoms with E-state index in [1.807, 2.05) is 25.1 Å². The molecule has 2 aromatic rings. The first-order valence-electron chi connectivity index (χ1n) is 5.26. The lowest BCUT2D eigenvalue weighted by Gasteiger charge is -2.03. The Kier molecular flexibility index (Phi) is 3.65. The zero-order valence-electron chi connectivity index (χ0n) is 9.67. The van der Waals surface area contributed by atoms with Crippen molar-refractivity contribution in [2.24, 2.45) is 0 Å². The summed E-state index contributed by atoms with van der Waals surface area (Å²) >= 11 is 1.49. The normalized spacial score (nSPS) is 9.78. The molecular formula is C12H10N4OS. The minimum Gasteiger partial charge on any atom is -0.325 e. The fraction of sp³-hybridized carbons (Fsp3) is 0.167. The smallest absolute Gasteiger partial charge is 0.238 e. The summed E-state index contributed by atoms with van der Waals surface area (Å²) in [4.78, 5) is 11.3. The quantitative estimate of drug-likeness (QED) is 0.916. The van der Waals surface area contributed by atoms with Gasteiger partial charge in [0.2, 0.25) is 5.91 Å². The number of hydrogen-bond acceptors (Lipinski definition) is 5. The first-order valence-corrected chi connectivity index (χ1v) is 6.08. The van der Waals surface area contributed by atoms with Crippen LogP contribution in [0.2, 0.25) is 0 Å². The number of carbonyl (C=O) groups excluding carboxylic acids is 1. The highest BCUT2D eigenvalue weighted by atomic mass is 32.1. The number of nitriles is 1. The van der Waals surface area contributed by atoms with E-state index in [1.165, 1.54) is 11.3 Å². The first kappa shape index (κ1) is 12.2. The maximum absolute atomic E-state index is 11.3. The number of aryl methyl sites for hydroxylation is 1. The Bertz CT molecular complexity index is 615. The molecule has 0 atom stereocenters. The van der Waals surface area contributed by atoms with Gasteiger partial charge in [0.25, 0.3) is 0 Å². The summed E-state index contributed by atoms with van der Waals surface area (Å²) in [5.74, 6) is -0.317. The van der Waals surface area contributed by atoms with Crippen LogP contribution in [0, 0.1) is 18.3 Å². The van der Waals surface area contributed by atoms with E-state index in [4.69, 9.17) is 5.26 Å². The van der Waals surface area contributed by atoms with Crippen LogP contribution in [-0.4, -0.2) is 16.1 Å². The summed E-state index contributed by atoms with van der Waals surface area (Å²) in [7, 11) is 0. The molecule has 0 unspecified atom stereocenters. The van der Waals surface area contributed by atoms with Crippen molar-refractivity contribution in [3.63, 3.8) is 0 Å². The first-order chi connectivity index (χ1) is 8.69. The van der Waals surface area contributed by atoms with E-state index in [-0.39, 0.29) is 12.3 Å². The molecule has 1 amide bonds. The summed E-state index contributed by atoms with van der Waals surface area (Å²) in [6.45, 7) is 1.89. The lowest BCUT2D eigenvalue weighted by molar-refractivity contribution is -0.115. The fourth-order valence-electron chi connectivity index (χ4n) is 1.42. The topological polar surface area (TPSA) is 78.7 Å². The summed E-state index contributed by atoms with van der Waals surface area (Å²) < 4.78 is 0. The SMILES string of the molecule is Cc1nnc(-c2cccc(NC(=O)CC#N)c2)s1. The van der Waals surface area contributed by atoms with E-state index in [1.54, 1.807) is 12.1 Å². The molecule has 0 spiro atoms. The number of nitrogens with zero attached hydrogens (tertiary/aromatic N) is 3. The van der Waals surface area contributed by atoms with Gasteiger partial charge in [-0.25, -0.2) is 0 Å². The maximum Gasteiger partial charge on any atom is 0.238 e. The molecule has 0 bridgehead atoms. The Hall–Kier alpha value is -2.26. The van der Waals surface area contributed by atoms with Crippen molar-refractivity contribution in [3.8, 4) is 16.6 Å². The molecule has 18 heavy (non-hydrogen) atoms. The van der Waals surface area contributed by atoms with Crippen molar-refractivity contribution in [2.45, 2.75) is 13.3 Å². The van der Waals surface area contributed by atoms with E-state index < -0.39 is 0 Å². The number of hydrogen-bond donors (Lipinski definition) is 1. The van der Waals surface area contributed by atoms with Crippen LogP contribution in [0.25, 0.3) is 10.6 Å². The molecule has 0 saturated heterocycles. The van der Waals surface area contributed by atoms with Crippen molar-refractivity contribution in [1.82, 2.24) is 10.2 Å². The van der Waals surface area contributed by atoms with E-state index in [0.29, 0.717) is 5.69 Å². The van der Waals surface area contributed by atoms with Crippen LogP contribution in [0.5, 0.6) is 0 Å². The van der Waals surface area contributed by atoms with Gasteiger partial charge in [0.1, 0.15) is 16.4 Å². The minimum atomic E-state index is -0.317. The van der Waals surface area contributed by atoms with Crippen molar-refractivity contribution < 1.29 is 4.79 Å². The largest absolute Gasteiger partial charge is 0.325 e. The molecule has 2 rings (SSSR count). The van der Waals surface area contributed by atoms with Gasteiger partial charge in [-0.15, -0.1) is 10.2 Å². The van der Waals surface area contributed by atoms with Crippen LogP contribution < -0.4 is 5.32 Å². The summed E-state index contributed by atoms with van der Waals surface area (Å²) in [6.07, 6.45) is -0.151. The molecule has 0 fully saturated rings. The Morgan fingerprint density at radius 1 is 1.50 bits per heavy atom. The lowest BCUT2D eigenvalue weighted by atomic mass is 10.2. The van der Waals surface area contributed by atoms with Crippen molar-refractivity contribution >= 4 is 22.9 Å². The third-order valence-electron chi connectivity index (χ3n) is 2.16. The molecule has 0 aliphatic rings. The van der Waals surface area contributed by atoms with E-state index in [2.05, 4.69) is 15.5 Å². The summed E-state index contributed by atoms with van der Waals surface area (Å²) in [5.41, 5.74) is 1.55. The van der Waals surface area contributed by atoms with Crippen LogP contribution >= 0.6 is 11.3 Å². The zero-order valence-corrected chi connectivity index (χ0v) is 10.5. The third kappa shape index (κ3) is 2.90. The predicted molar refractivity (Wildman–Crippen MR) is 68.9 cm³/mol. The molecule has 1 aromatic heterocycles. The van der Waals surface area contributed by atoms with Crippen LogP contribution in [0.15, 0.2) is 24.3 Å². The van der Waals surface area contributed by atoms with Crippen molar-refractivity contribution in [2.75, 3.05) is 5.32 Å².